The van der Waals surface area contributed by atoms with Crippen molar-refractivity contribution in [3.05, 3.63) is 71.3 Å². The van der Waals surface area contributed by atoms with Gasteiger partial charge in [-0.3, -0.25) is 9.59 Å². The van der Waals surface area contributed by atoms with Crippen LogP contribution in [0.5, 0.6) is 0 Å². The zero-order valence-electron chi connectivity index (χ0n) is 15.3. The van der Waals surface area contributed by atoms with Gasteiger partial charge in [0.25, 0.3) is 5.91 Å². The van der Waals surface area contributed by atoms with E-state index in [-0.39, 0.29) is 30.4 Å². The van der Waals surface area contributed by atoms with E-state index in [1.807, 2.05) is 30.3 Å². The summed E-state index contributed by atoms with van der Waals surface area (Å²) >= 11 is 0. The van der Waals surface area contributed by atoms with E-state index in [1.54, 1.807) is 0 Å². The molecule has 2 aromatic rings. The first-order valence-electron chi connectivity index (χ1n) is 9.06. The second-order valence-electron chi connectivity index (χ2n) is 6.30. The van der Waals surface area contributed by atoms with Crippen molar-refractivity contribution in [3.63, 3.8) is 0 Å². The van der Waals surface area contributed by atoms with E-state index >= 15 is 0 Å². The van der Waals surface area contributed by atoms with Gasteiger partial charge in [0.2, 0.25) is 5.91 Å². The van der Waals surface area contributed by atoms with Crippen LogP contribution in [0.4, 0.5) is 8.78 Å². The summed E-state index contributed by atoms with van der Waals surface area (Å²) in [6.45, 7) is 2.87. The third-order valence-electron chi connectivity index (χ3n) is 4.35. The highest BCUT2D eigenvalue weighted by Gasteiger charge is 2.13. The first-order chi connectivity index (χ1) is 13.0. The molecule has 1 unspecified atom stereocenters. The fourth-order valence-corrected chi connectivity index (χ4v) is 2.77. The molecule has 2 N–H and O–H groups in total. The van der Waals surface area contributed by atoms with Crippen molar-refractivity contribution in [3.8, 4) is 0 Å². The molecule has 0 spiro atoms. The fourth-order valence-electron chi connectivity index (χ4n) is 2.77. The molecule has 2 aromatic carbocycles. The van der Waals surface area contributed by atoms with Gasteiger partial charge in [-0.2, -0.15) is 0 Å². The number of amides is 2. The largest absolute Gasteiger partial charge is 0.355 e. The maximum Gasteiger partial charge on any atom is 0.254 e. The molecule has 0 aliphatic rings. The van der Waals surface area contributed by atoms with Crippen LogP contribution in [-0.4, -0.2) is 24.9 Å². The van der Waals surface area contributed by atoms with Gasteiger partial charge in [-0.1, -0.05) is 37.3 Å². The Morgan fingerprint density at radius 3 is 2.44 bits per heavy atom. The van der Waals surface area contributed by atoms with Gasteiger partial charge in [-0.05, 0) is 30.5 Å². The van der Waals surface area contributed by atoms with Gasteiger partial charge < -0.3 is 10.6 Å². The molecule has 0 aliphatic carbocycles. The third-order valence-corrected chi connectivity index (χ3v) is 4.35. The molecule has 2 amide bonds. The Hall–Kier alpha value is -2.76. The number of halogens is 2. The SMILES string of the molecule is CCC(CNC(=O)CCCNC(=O)c1ccc(F)cc1F)c1ccccc1. The predicted molar refractivity (Wildman–Crippen MR) is 100 cm³/mol. The summed E-state index contributed by atoms with van der Waals surface area (Å²) in [5.74, 6) is -2.09. The molecule has 2 rings (SSSR count). The number of carbonyl (C=O) groups is 2. The summed E-state index contributed by atoms with van der Waals surface area (Å²) in [6.07, 6.45) is 1.61. The molecule has 0 saturated carbocycles. The van der Waals surface area contributed by atoms with E-state index in [4.69, 9.17) is 0 Å². The standard InChI is InChI=1S/C21H24F2N2O2/c1-2-15(16-7-4-3-5-8-16)14-25-20(26)9-6-12-24-21(27)18-11-10-17(22)13-19(18)23/h3-5,7-8,10-11,13,15H,2,6,9,12,14H2,1H3,(H,24,27)(H,25,26). The normalized spacial score (nSPS) is 11.7. The molecule has 0 aliphatic heterocycles. The second kappa shape index (κ2) is 10.4. The van der Waals surface area contributed by atoms with Gasteiger partial charge in [0, 0.05) is 31.5 Å². The van der Waals surface area contributed by atoms with Crippen molar-refractivity contribution in [2.75, 3.05) is 13.1 Å². The average molecular weight is 374 g/mol. The maximum atomic E-state index is 13.5. The van der Waals surface area contributed by atoms with Crippen LogP contribution in [0.25, 0.3) is 0 Å². The molecule has 0 aromatic heterocycles. The number of rotatable bonds is 9. The lowest BCUT2D eigenvalue weighted by Gasteiger charge is -2.16. The van der Waals surface area contributed by atoms with Crippen molar-refractivity contribution in [2.45, 2.75) is 32.1 Å². The van der Waals surface area contributed by atoms with Crippen LogP contribution in [0.1, 0.15) is 48.0 Å². The topological polar surface area (TPSA) is 58.2 Å². The Morgan fingerprint density at radius 1 is 1.04 bits per heavy atom. The summed E-state index contributed by atoms with van der Waals surface area (Å²) < 4.78 is 26.4. The Morgan fingerprint density at radius 2 is 1.78 bits per heavy atom. The van der Waals surface area contributed by atoms with E-state index in [0.29, 0.717) is 19.0 Å². The predicted octanol–water partition coefficient (Wildman–Crippen LogP) is 3.78. The van der Waals surface area contributed by atoms with Gasteiger partial charge in [0.05, 0.1) is 5.56 Å². The highest BCUT2D eigenvalue weighted by molar-refractivity contribution is 5.94. The number of benzene rings is 2. The third kappa shape index (κ3) is 6.47. The smallest absolute Gasteiger partial charge is 0.254 e. The minimum Gasteiger partial charge on any atom is -0.355 e. The van der Waals surface area contributed by atoms with E-state index in [2.05, 4.69) is 17.6 Å². The fraction of sp³-hybridized carbons (Fsp3) is 0.333. The molecule has 4 nitrogen and oxygen atoms in total. The zero-order valence-corrected chi connectivity index (χ0v) is 15.3. The van der Waals surface area contributed by atoms with Gasteiger partial charge in [0.15, 0.2) is 0 Å². The van der Waals surface area contributed by atoms with Crippen LogP contribution < -0.4 is 10.6 Å². The van der Waals surface area contributed by atoms with E-state index in [9.17, 15) is 18.4 Å². The van der Waals surface area contributed by atoms with Crippen LogP contribution in [0.3, 0.4) is 0 Å². The van der Waals surface area contributed by atoms with E-state index in [0.717, 1.165) is 18.6 Å². The lowest BCUT2D eigenvalue weighted by atomic mass is 9.96. The van der Waals surface area contributed by atoms with Crippen LogP contribution in [0.15, 0.2) is 48.5 Å². The van der Waals surface area contributed by atoms with E-state index in [1.165, 1.54) is 5.56 Å². The summed E-state index contributed by atoms with van der Waals surface area (Å²) in [5, 5.41) is 5.45. The van der Waals surface area contributed by atoms with Crippen molar-refractivity contribution in [1.82, 2.24) is 10.6 Å². The number of nitrogens with one attached hydrogen (secondary N) is 2. The molecule has 27 heavy (non-hydrogen) atoms. The Labute approximate surface area is 158 Å². The van der Waals surface area contributed by atoms with Crippen LogP contribution in [0.2, 0.25) is 0 Å². The molecule has 0 fully saturated rings. The number of carbonyl (C=O) groups excluding carboxylic acids is 2. The van der Waals surface area contributed by atoms with Crippen molar-refractivity contribution in [1.29, 1.82) is 0 Å². The van der Waals surface area contributed by atoms with Crippen molar-refractivity contribution in [2.24, 2.45) is 0 Å². The van der Waals surface area contributed by atoms with Crippen molar-refractivity contribution < 1.29 is 18.4 Å². The summed E-state index contributed by atoms with van der Waals surface area (Å²) in [7, 11) is 0. The van der Waals surface area contributed by atoms with Crippen LogP contribution in [0, 0.1) is 11.6 Å². The van der Waals surface area contributed by atoms with Gasteiger partial charge in [-0.25, -0.2) is 8.78 Å². The van der Waals surface area contributed by atoms with Gasteiger partial charge >= 0.3 is 0 Å². The second-order valence-corrected chi connectivity index (χ2v) is 6.30. The molecule has 6 heteroatoms. The average Bonchev–Trinajstić information content (AvgIpc) is 2.66. The molecular formula is C21H24F2N2O2. The lowest BCUT2D eigenvalue weighted by molar-refractivity contribution is -0.121. The quantitative estimate of drug-likeness (QED) is 0.656. The first-order valence-corrected chi connectivity index (χ1v) is 9.06. The highest BCUT2D eigenvalue weighted by Crippen LogP contribution is 2.18. The molecule has 144 valence electrons. The van der Waals surface area contributed by atoms with Crippen LogP contribution >= 0.6 is 0 Å². The monoisotopic (exact) mass is 374 g/mol. The molecule has 0 bridgehead atoms. The molecule has 0 heterocycles. The van der Waals surface area contributed by atoms with Crippen molar-refractivity contribution >= 4 is 11.8 Å². The molecular weight excluding hydrogens is 350 g/mol. The summed E-state index contributed by atoms with van der Waals surface area (Å²) in [6, 6.07) is 12.8. The molecule has 0 saturated heterocycles. The minimum atomic E-state index is -0.906. The molecule has 0 radical (unpaired) electrons. The Balaban J connectivity index is 1.69. The number of hydrogen-bond acceptors (Lipinski definition) is 2. The minimum absolute atomic E-state index is 0.0911. The van der Waals surface area contributed by atoms with Crippen LogP contribution in [-0.2, 0) is 4.79 Å². The van der Waals surface area contributed by atoms with E-state index < -0.39 is 17.5 Å². The summed E-state index contributed by atoms with van der Waals surface area (Å²) in [4.78, 5) is 23.8. The maximum absolute atomic E-state index is 13.5. The lowest BCUT2D eigenvalue weighted by Crippen LogP contribution is -2.30. The van der Waals surface area contributed by atoms with Gasteiger partial charge in [0.1, 0.15) is 11.6 Å². The zero-order chi connectivity index (χ0) is 19.6. The Bertz CT molecular complexity index is 766. The highest BCUT2D eigenvalue weighted by atomic mass is 19.1. The first kappa shape index (κ1) is 20.6. The summed E-state index contributed by atoms with van der Waals surface area (Å²) in [5.41, 5.74) is 0.975. The van der Waals surface area contributed by atoms with Gasteiger partial charge in [-0.15, -0.1) is 0 Å². The molecule has 1 atom stereocenters. The Kier molecular flexibility index (Phi) is 7.92. The number of hydrogen-bond donors (Lipinski definition) is 2.